The molecule has 104 valence electrons. The van der Waals surface area contributed by atoms with Gasteiger partial charge in [0.25, 0.3) is 0 Å². The lowest BCUT2D eigenvalue weighted by Crippen LogP contribution is -2.11. The third-order valence-electron chi connectivity index (χ3n) is 2.67. The minimum atomic E-state index is -4.26. The summed E-state index contributed by atoms with van der Waals surface area (Å²) in [4.78, 5) is 0. The summed E-state index contributed by atoms with van der Waals surface area (Å²) in [6.07, 6.45) is -4.26. The average molecular weight is 260 g/mol. The van der Waals surface area contributed by atoms with Crippen LogP contribution >= 0.6 is 0 Å². The standard InChI is InChI=1S/C13H17F3.C2H6/c1-8(2)10-5-6-11(9(3)4)12(7-10)13(14,15)16;1-2/h5-9H,1-4H3;1-2H3. The second-order valence-corrected chi connectivity index (χ2v) is 4.65. The molecule has 0 aromatic heterocycles. The third kappa shape index (κ3) is 4.35. The van der Waals surface area contributed by atoms with Gasteiger partial charge in [0.2, 0.25) is 0 Å². The Kier molecular flexibility index (Phi) is 6.44. The maximum atomic E-state index is 12.9. The molecule has 0 spiro atoms. The molecule has 0 nitrogen and oxygen atoms in total. The molecule has 0 N–H and O–H groups in total. The normalized spacial score (nSPS) is 11.5. The minimum Gasteiger partial charge on any atom is -0.166 e. The van der Waals surface area contributed by atoms with Crippen molar-refractivity contribution >= 4 is 0 Å². The summed E-state index contributed by atoms with van der Waals surface area (Å²) in [5.41, 5.74) is 0.613. The van der Waals surface area contributed by atoms with Crippen molar-refractivity contribution in [2.75, 3.05) is 0 Å². The second kappa shape index (κ2) is 6.81. The topological polar surface area (TPSA) is 0 Å². The average Bonchev–Trinajstić information content (AvgIpc) is 2.29. The first-order chi connectivity index (χ1) is 8.23. The van der Waals surface area contributed by atoms with Crippen LogP contribution in [0.4, 0.5) is 13.2 Å². The molecular weight excluding hydrogens is 237 g/mol. The van der Waals surface area contributed by atoms with Crippen LogP contribution in [0.1, 0.15) is 70.1 Å². The zero-order valence-electron chi connectivity index (χ0n) is 12.0. The fourth-order valence-electron chi connectivity index (χ4n) is 1.68. The summed E-state index contributed by atoms with van der Waals surface area (Å²) in [6, 6.07) is 4.66. The van der Waals surface area contributed by atoms with Crippen LogP contribution in [0, 0.1) is 0 Å². The van der Waals surface area contributed by atoms with Crippen LogP contribution in [0.2, 0.25) is 0 Å². The molecule has 0 heterocycles. The van der Waals surface area contributed by atoms with Crippen LogP contribution < -0.4 is 0 Å². The molecule has 0 atom stereocenters. The molecule has 1 rings (SSSR count). The molecule has 0 radical (unpaired) electrons. The largest absolute Gasteiger partial charge is 0.416 e. The van der Waals surface area contributed by atoms with E-state index in [0.717, 1.165) is 5.56 Å². The van der Waals surface area contributed by atoms with Gasteiger partial charge in [0.15, 0.2) is 0 Å². The van der Waals surface area contributed by atoms with Crippen molar-refractivity contribution in [2.24, 2.45) is 0 Å². The van der Waals surface area contributed by atoms with Gasteiger partial charge >= 0.3 is 6.18 Å². The van der Waals surface area contributed by atoms with E-state index in [2.05, 4.69) is 0 Å². The quantitative estimate of drug-likeness (QED) is 0.613. The van der Waals surface area contributed by atoms with Gasteiger partial charge in [-0.1, -0.05) is 53.7 Å². The van der Waals surface area contributed by atoms with Gasteiger partial charge in [-0.25, -0.2) is 0 Å². The molecular formula is C15H23F3. The van der Waals surface area contributed by atoms with E-state index in [0.29, 0.717) is 5.56 Å². The van der Waals surface area contributed by atoms with Crippen molar-refractivity contribution in [3.05, 3.63) is 34.9 Å². The van der Waals surface area contributed by atoms with Gasteiger partial charge in [0.1, 0.15) is 0 Å². The molecule has 0 unspecified atom stereocenters. The van der Waals surface area contributed by atoms with Crippen molar-refractivity contribution in [3.63, 3.8) is 0 Å². The number of benzene rings is 1. The molecule has 0 saturated heterocycles. The van der Waals surface area contributed by atoms with Crippen molar-refractivity contribution in [1.29, 1.82) is 0 Å². The summed E-state index contributed by atoms with van der Waals surface area (Å²) in [5, 5.41) is 0. The van der Waals surface area contributed by atoms with Gasteiger partial charge in [-0.2, -0.15) is 13.2 Å². The highest BCUT2D eigenvalue weighted by molar-refractivity contribution is 5.37. The molecule has 0 fully saturated rings. The number of halogens is 3. The maximum Gasteiger partial charge on any atom is 0.416 e. The Morgan fingerprint density at radius 3 is 1.72 bits per heavy atom. The Morgan fingerprint density at radius 1 is 0.889 bits per heavy atom. The van der Waals surface area contributed by atoms with Crippen LogP contribution in [0.25, 0.3) is 0 Å². The molecule has 0 aliphatic rings. The van der Waals surface area contributed by atoms with Crippen molar-refractivity contribution in [2.45, 2.75) is 59.6 Å². The van der Waals surface area contributed by atoms with Crippen molar-refractivity contribution in [3.8, 4) is 0 Å². The first kappa shape index (κ1) is 17.0. The molecule has 0 bridgehead atoms. The summed E-state index contributed by atoms with van der Waals surface area (Å²) < 4.78 is 38.6. The van der Waals surface area contributed by atoms with Crippen LogP contribution in [-0.4, -0.2) is 0 Å². The Hall–Kier alpha value is -0.990. The van der Waals surface area contributed by atoms with E-state index in [1.807, 2.05) is 27.7 Å². The molecule has 0 amide bonds. The molecule has 1 aromatic rings. The fraction of sp³-hybridized carbons (Fsp3) is 0.600. The van der Waals surface area contributed by atoms with Gasteiger partial charge in [0, 0.05) is 0 Å². The number of rotatable bonds is 2. The number of hydrogen-bond acceptors (Lipinski definition) is 0. The SMILES string of the molecule is CC.CC(C)c1ccc(C(C)C)c(C(F)(F)F)c1. The monoisotopic (exact) mass is 260 g/mol. The predicted molar refractivity (Wildman–Crippen MR) is 71.0 cm³/mol. The molecule has 0 aliphatic heterocycles. The van der Waals surface area contributed by atoms with E-state index >= 15 is 0 Å². The summed E-state index contributed by atoms with van der Waals surface area (Å²) in [5.74, 6) is 0.000138. The highest BCUT2D eigenvalue weighted by atomic mass is 19.4. The Morgan fingerprint density at radius 2 is 1.39 bits per heavy atom. The van der Waals surface area contributed by atoms with E-state index < -0.39 is 11.7 Å². The molecule has 0 aliphatic carbocycles. The van der Waals surface area contributed by atoms with E-state index in [9.17, 15) is 13.2 Å². The Balaban J connectivity index is 0.00000137. The summed E-state index contributed by atoms with van der Waals surface area (Å²) in [7, 11) is 0. The van der Waals surface area contributed by atoms with Gasteiger partial charge in [-0.3, -0.25) is 0 Å². The lowest BCUT2D eigenvalue weighted by atomic mass is 9.92. The second-order valence-electron chi connectivity index (χ2n) is 4.65. The van der Waals surface area contributed by atoms with E-state index in [1.165, 1.54) is 6.07 Å². The van der Waals surface area contributed by atoms with Gasteiger partial charge < -0.3 is 0 Å². The molecule has 18 heavy (non-hydrogen) atoms. The van der Waals surface area contributed by atoms with E-state index in [-0.39, 0.29) is 11.8 Å². The maximum absolute atomic E-state index is 12.9. The zero-order chi connectivity index (χ0) is 14.5. The summed E-state index contributed by atoms with van der Waals surface area (Å²) in [6.45, 7) is 11.3. The minimum absolute atomic E-state index is 0.113. The predicted octanol–water partition coefficient (Wildman–Crippen LogP) is 5.98. The smallest absolute Gasteiger partial charge is 0.166 e. The van der Waals surface area contributed by atoms with Crippen LogP contribution in [0.15, 0.2) is 18.2 Å². The third-order valence-corrected chi connectivity index (χ3v) is 2.67. The molecule has 0 saturated carbocycles. The molecule has 1 aromatic carbocycles. The lowest BCUT2D eigenvalue weighted by molar-refractivity contribution is -0.138. The van der Waals surface area contributed by atoms with Gasteiger partial charge in [-0.05, 0) is 29.0 Å². The highest BCUT2D eigenvalue weighted by Crippen LogP contribution is 2.36. The first-order valence-electron chi connectivity index (χ1n) is 6.44. The van der Waals surface area contributed by atoms with Gasteiger partial charge in [0.05, 0.1) is 5.56 Å². The first-order valence-corrected chi connectivity index (χ1v) is 6.44. The Labute approximate surface area is 108 Å². The Bertz CT molecular complexity index is 362. The zero-order valence-corrected chi connectivity index (χ0v) is 12.0. The van der Waals surface area contributed by atoms with Crippen LogP contribution in [0.3, 0.4) is 0 Å². The van der Waals surface area contributed by atoms with Crippen molar-refractivity contribution in [1.82, 2.24) is 0 Å². The molecule has 3 heteroatoms. The van der Waals surface area contributed by atoms with Crippen LogP contribution in [-0.2, 0) is 6.18 Å². The summed E-state index contributed by atoms with van der Waals surface area (Å²) >= 11 is 0. The van der Waals surface area contributed by atoms with Gasteiger partial charge in [-0.15, -0.1) is 0 Å². The van der Waals surface area contributed by atoms with E-state index in [4.69, 9.17) is 0 Å². The van der Waals surface area contributed by atoms with E-state index in [1.54, 1.807) is 26.0 Å². The number of alkyl halides is 3. The van der Waals surface area contributed by atoms with Crippen molar-refractivity contribution < 1.29 is 13.2 Å². The highest BCUT2D eigenvalue weighted by Gasteiger charge is 2.34. The number of hydrogen-bond donors (Lipinski definition) is 0. The fourth-order valence-corrected chi connectivity index (χ4v) is 1.68. The lowest BCUT2D eigenvalue weighted by Gasteiger charge is -2.18. The van der Waals surface area contributed by atoms with Crippen LogP contribution in [0.5, 0.6) is 0 Å².